The summed E-state index contributed by atoms with van der Waals surface area (Å²) in [4.78, 5) is 26.8. The highest BCUT2D eigenvalue weighted by Crippen LogP contribution is 2.23. The molecule has 0 fully saturated rings. The van der Waals surface area contributed by atoms with Gasteiger partial charge in [-0.15, -0.1) is 0 Å². The van der Waals surface area contributed by atoms with Crippen molar-refractivity contribution in [3.8, 4) is 0 Å². The van der Waals surface area contributed by atoms with Crippen molar-refractivity contribution in [3.05, 3.63) is 70.2 Å². The van der Waals surface area contributed by atoms with Crippen LogP contribution < -0.4 is 5.32 Å². The lowest BCUT2D eigenvalue weighted by Gasteiger charge is -2.28. The number of nitrogens with zero attached hydrogens (tertiary/aromatic N) is 1. The summed E-state index contributed by atoms with van der Waals surface area (Å²) in [7, 11) is 1.58. The normalized spacial score (nSPS) is 12.3. The molecule has 0 spiro atoms. The maximum atomic E-state index is 13.0. The molecule has 2 aromatic rings. The van der Waals surface area contributed by atoms with Gasteiger partial charge in [-0.05, 0) is 47.6 Å². The van der Waals surface area contributed by atoms with E-state index in [1.807, 2.05) is 12.1 Å². The predicted octanol–water partition coefficient (Wildman–Crippen LogP) is 4.73. The van der Waals surface area contributed by atoms with Gasteiger partial charge in [0.1, 0.15) is 6.04 Å². The van der Waals surface area contributed by atoms with Crippen LogP contribution in [0.5, 0.6) is 0 Å². The van der Waals surface area contributed by atoms with E-state index in [4.69, 9.17) is 11.6 Å². The molecule has 0 saturated carbocycles. The second kappa shape index (κ2) is 9.93. The first-order chi connectivity index (χ1) is 13.6. The fourth-order valence-electron chi connectivity index (χ4n) is 3.14. The van der Waals surface area contributed by atoms with Crippen molar-refractivity contribution < 1.29 is 9.59 Å². The number of rotatable bonds is 7. The maximum Gasteiger partial charge on any atom is 0.242 e. The SMILES string of the molecule is CNC(=O)C(C)N(Cc1ccc(Cl)cc1)C(=O)CCc1ccc(C(C)(C)C)cc1. The second-order valence-electron chi connectivity index (χ2n) is 8.39. The highest BCUT2D eigenvalue weighted by atomic mass is 35.5. The minimum atomic E-state index is -0.550. The Bertz CT molecular complexity index is 823. The van der Waals surface area contributed by atoms with Crippen LogP contribution >= 0.6 is 11.6 Å². The second-order valence-corrected chi connectivity index (χ2v) is 8.82. The van der Waals surface area contributed by atoms with Gasteiger partial charge in [-0.25, -0.2) is 0 Å². The quantitative estimate of drug-likeness (QED) is 0.711. The minimum Gasteiger partial charge on any atom is -0.357 e. The number of benzene rings is 2. The van der Waals surface area contributed by atoms with E-state index in [0.29, 0.717) is 24.4 Å². The van der Waals surface area contributed by atoms with E-state index in [-0.39, 0.29) is 17.2 Å². The lowest BCUT2D eigenvalue weighted by molar-refractivity contribution is -0.140. The molecule has 2 aromatic carbocycles. The van der Waals surface area contributed by atoms with Crippen LogP contribution in [0.1, 0.15) is 50.8 Å². The summed E-state index contributed by atoms with van der Waals surface area (Å²) in [6.07, 6.45) is 0.991. The smallest absolute Gasteiger partial charge is 0.242 e. The maximum absolute atomic E-state index is 13.0. The van der Waals surface area contributed by atoms with Crippen LogP contribution in [0.3, 0.4) is 0 Å². The molecule has 1 N–H and O–H groups in total. The molecule has 0 aromatic heterocycles. The Morgan fingerprint density at radius 3 is 2.07 bits per heavy atom. The van der Waals surface area contributed by atoms with Gasteiger partial charge in [-0.1, -0.05) is 68.8 Å². The van der Waals surface area contributed by atoms with Crippen molar-refractivity contribution in [1.29, 1.82) is 0 Å². The molecule has 0 saturated heterocycles. The molecule has 2 rings (SSSR count). The van der Waals surface area contributed by atoms with Crippen LogP contribution in [0, 0.1) is 0 Å². The van der Waals surface area contributed by atoms with E-state index in [1.54, 1.807) is 31.0 Å². The van der Waals surface area contributed by atoms with Gasteiger partial charge in [0, 0.05) is 25.0 Å². The van der Waals surface area contributed by atoms with Crippen LogP contribution in [0.25, 0.3) is 0 Å². The number of amides is 2. The first kappa shape index (κ1) is 23.0. The standard InChI is InChI=1S/C24H31ClN2O2/c1-17(23(29)26-5)27(16-19-8-13-21(25)14-9-19)22(28)15-10-18-6-11-20(12-7-18)24(2,3)4/h6-9,11-14,17H,10,15-16H2,1-5H3,(H,26,29). The van der Waals surface area contributed by atoms with Gasteiger partial charge in [0.25, 0.3) is 0 Å². The van der Waals surface area contributed by atoms with E-state index in [1.165, 1.54) is 5.56 Å². The fourth-order valence-corrected chi connectivity index (χ4v) is 3.27. The molecule has 4 nitrogen and oxygen atoms in total. The summed E-state index contributed by atoms with van der Waals surface area (Å²) in [6.45, 7) is 8.67. The van der Waals surface area contributed by atoms with E-state index < -0.39 is 6.04 Å². The number of likely N-dealkylation sites (N-methyl/N-ethyl adjacent to an activating group) is 1. The topological polar surface area (TPSA) is 49.4 Å². The molecule has 1 unspecified atom stereocenters. The zero-order valence-electron chi connectivity index (χ0n) is 18.0. The molecule has 0 heterocycles. The molecule has 29 heavy (non-hydrogen) atoms. The third-order valence-corrected chi connectivity index (χ3v) is 5.38. The number of halogens is 1. The first-order valence-electron chi connectivity index (χ1n) is 9.96. The van der Waals surface area contributed by atoms with Crippen LogP contribution in [0.2, 0.25) is 5.02 Å². The number of aryl methyl sites for hydroxylation is 1. The molecule has 1 atom stereocenters. The molecule has 5 heteroatoms. The Balaban J connectivity index is 2.10. The summed E-state index contributed by atoms with van der Waals surface area (Å²) >= 11 is 5.96. The van der Waals surface area contributed by atoms with Gasteiger partial charge >= 0.3 is 0 Å². The molecule has 156 valence electrons. The molecule has 0 bridgehead atoms. The van der Waals surface area contributed by atoms with Crippen molar-refractivity contribution in [1.82, 2.24) is 10.2 Å². The Labute approximate surface area is 179 Å². The Morgan fingerprint density at radius 2 is 1.55 bits per heavy atom. The van der Waals surface area contributed by atoms with E-state index in [2.05, 4.69) is 50.4 Å². The van der Waals surface area contributed by atoms with Gasteiger partial charge in [-0.3, -0.25) is 9.59 Å². The Hall–Kier alpha value is -2.33. The number of carbonyl (C=O) groups is 2. The number of hydrogen-bond donors (Lipinski definition) is 1. The molecular weight excluding hydrogens is 384 g/mol. The Morgan fingerprint density at radius 1 is 1.00 bits per heavy atom. The fraction of sp³-hybridized carbons (Fsp3) is 0.417. The Kier molecular flexibility index (Phi) is 7.86. The van der Waals surface area contributed by atoms with Gasteiger partial charge in [0.05, 0.1) is 0 Å². The van der Waals surface area contributed by atoms with Crippen molar-refractivity contribution in [3.63, 3.8) is 0 Å². The zero-order chi connectivity index (χ0) is 21.6. The molecule has 0 aliphatic rings. The molecule has 0 aliphatic heterocycles. The third-order valence-electron chi connectivity index (χ3n) is 5.13. The van der Waals surface area contributed by atoms with E-state index in [9.17, 15) is 9.59 Å². The lowest BCUT2D eigenvalue weighted by atomic mass is 9.86. The minimum absolute atomic E-state index is 0.0454. The van der Waals surface area contributed by atoms with E-state index >= 15 is 0 Å². The largest absolute Gasteiger partial charge is 0.357 e. The van der Waals surface area contributed by atoms with Crippen LogP contribution in [0.4, 0.5) is 0 Å². The number of nitrogens with one attached hydrogen (secondary N) is 1. The van der Waals surface area contributed by atoms with Gasteiger partial charge in [0.2, 0.25) is 11.8 Å². The molecule has 0 aliphatic carbocycles. The van der Waals surface area contributed by atoms with Crippen LogP contribution in [0.15, 0.2) is 48.5 Å². The lowest BCUT2D eigenvalue weighted by Crippen LogP contribution is -2.46. The summed E-state index contributed by atoms with van der Waals surface area (Å²) in [5, 5.41) is 3.28. The highest BCUT2D eigenvalue weighted by molar-refractivity contribution is 6.30. The summed E-state index contributed by atoms with van der Waals surface area (Å²) in [6, 6.07) is 15.2. The van der Waals surface area contributed by atoms with Gasteiger partial charge in [-0.2, -0.15) is 0 Å². The monoisotopic (exact) mass is 414 g/mol. The van der Waals surface area contributed by atoms with Crippen molar-refractivity contribution in [2.45, 2.75) is 58.5 Å². The average Bonchev–Trinajstić information content (AvgIpc) is 2.70. The van der Waals surface area contributed by atoms with Crippen molar-refractivity contribution in [2.75, 3.05) is 7.05 Å². The highest BCUT2D eigenvalue weighted by Gasteiger charge is 2.25. The summed E-state index contributed by atoms with van der Waals surface area (Å²) < 4.78 is 0. The predicted molar refractivity (Wildman–Crippen MR) is 119 cm³/mol. The zero-order valence-corrected chi connectivity index (χ0v) is 18.7. The van der Waals surface area contributed by atoms with Crippen molar-refractivity contribution >= 4 is 23.4 Å². The van der Waals surface area contributed by atoms with Gasteiger partial charge < -0.3 is 10.2 Å². The average molecular weight is 415 g/mol. The molecule has 0 radical (unpaired) electrons. The van der Waals surface area contributed by atoms with Crippen molar-refractivity contribution in [2.24, 2.45) is 0 Å². The molecular formula is C24H31ClN2O2. The third kappa shape index (κ3) is 6.60. The summed E-state index contributed by atoms with van der Waals surface area (Å²) in [5.74, 6) is -0.224. The number of hydrogen-bond acceptors (Lipinski definition) is 2. The molecule has 2 amide bonds. The van der Waals surface area contributed by atoms with Crippen LogP contribution in [-0.2, 0) is 28.0 Å². The van der Waals surface area contributed by atoms with E-state index in [0.717, 1.165) is 11.1 Å². The summed E-state index contributed by atoms with van der Waals surface area (Å²) in [5.41, 5.74) is 3.43. The van der Waals surface area contributed by atoms with Crippen LogP contribution in [-0.4, -0.2) is 29.8 Å². The van der Waals surface area contributed by atoms with Gasteiger partial charge in [0.15, 0.2) is 0 Å². The first-order valence-corrected chi connectivity index (χ1v) is 10.3. The number of carbonyl (C=O) groups excluding carboxylic acids is 2.